The topological polar surface area (TPSA) is 55.1 Å². The molecule has 14 heavy (non-hydrogen) atoms. The lowest BCUT2D eigenvalue weighted by Gasteiger charge is -2.09. The van der Waals surface area contributed by atoms with Crippen LogP contribution in [0.1, 0.15) is 0 Å². The lowest BCUT2D eigenvalue weighted by molar-refractivity contribution is -0.100. The average molecular weight is 203 g/mol. The van der Waals surface area contributed by atoms with Gasteiger partial charge in [-0.1, -0.05) is 0 Å². The summed E-state index contributed by atoms with van der Waals surface area (Å²) in [6.45, 7) is 0. The van der Waals surface area contributed by atoms with Gasteiger partial charge in [0.25, 0.3) is 5.78 Å². The predicted molar refractivity (Wildman–Crippen MR) is 40.5 cm³/mol. The van der Waals surface area contributed by atoms with E-state index in [0.29, 0.717) is 0 Å². The highest BCUT2D eigenvalue weighted by Gasteiger charge is 2.28. The Bertz CT molecular complexity index is 448. The molecule has 1 N–H and O–H groups in total. The first-order chi connectivity index (χ1) is 6.56. The van der Waals surface area contributed by atoms with Gasteiger partial charge in [-0.2, -0.15) is 27.8 Å². The molecule has 0 saturated heterocycles. The fraction of sp³-hybridized carbons (Fsp3) is 0.167. The summed E-state index contributed by atoms with van der Waals surface area (Å²) in [6.07, 6.45) is -2.15. The third kappa shape index (κ3) is 1.58. The number of anilines is 1. The summed E-state index contributed by atoms with van der Waals surface area (Å²) < 4.78 is 36.9. The zero-order chi connectivity index (χ0) is 10.2. The van der Waals surface area contributed by atoms with Gasteiger partial charge in [0.15, 0.2) is 0 Å². The fourth-order valence-corrected chi connectivity index (χ4v) is 0.978. The minimum absolute atomic E-state index is 0.110. The fourth-order valence-electron chi connectivity index (χ4n) is 0.978. The monoisotopic (exact) mass is 203 g/mol. The zero-order valence-corrected chi connectivity index (χ0v) is 6.65. The van der Waals surface area contributed by atoms with Crippen molar-refractivity contribution in [2.24, 2.45) is 0 Å². The Labute approximate surface area is 75.6 Å². The third-order valence-corrected chi connectivity index (χ3v) is 1.45. The Morgan fingerprint density at radius 3 is 2.79 bits per heavy atom. The van der Waals surface area contributed by atoms with Gasteiger partial charge in [-0.15, -0.1) is 0 Å². The van der Waals surface area contributed by atoms with Crippen LogP contribution in [0, 0.1) is 0 Å². The minimum atomic E-state index is -4.50. The molecule has 2 aromatic heterocycles. The molecule has 2 aromatic rings. The second kappa shape index (κ2) is 2.82. The molecular formula is C6H4F3N5. The molecule has 2 rings (SSSR count). The van der Waals surface area contributed by atoms with Gasteiger partial charge < -0.3 is 0 Å². The van der Waals surface area contributed by atoms with Crippen molar-refractivity contribution in [3.05, 3.63) is 18.6 Å². The SMILES string of the molecule is FC(F)(F)Nc1ccnc2ncnn12. The standard InChI is InChI=1S/C6H4F3N5/c7-6(8,9)13-4-1-2-10-5-11-3-12-14(4)5/h1-3,13H. The van der Waals surface area contributed by atoms with Crippen molar-refractivity contribution in [2.45, 2.75) is 6.30 Å². The second-order valence-electron chi connectivity index (χ2n) is 2.42. The van der Waals surface area contributed by atoms with Gasteiger partial charge >= 0.3 is 6.30 Å². The van der Waals surface area contributed by atoms with Crippen LogP contribution < -0.4 is 5.32 Å². The van der Waals surface area contributed by atoms with E-state index in [1.165, 1.54) is 11.5 Å². The second-order valence-corrected chi connectivity index (χ2v) is 2.42. The van der Waals surface area contributed by atoms with Crippen LogP contribution in [0.2, 0.25) is 0 Å². The van der Waals surface area contributed by atoms with Crippen LogP contribution in [0.5, 0.6) is 0 Å². The summed E-state index contributed by atoms with van der Waals surface area (Å²) in [4.78, 5) is 7.36. The van der Waals surface area contributed by atoms with Crippen LogP contribution in [0.15, 0.2) is 18.6 Å². The van der Waals surface area contributed by atoms with Crippen molar-refractivity contribution in [1.29, 1.82) is 0 Å². The van der Waals surface area contributed by atoms with Gasteiger partial charge in [0.05, 0.1) is 0 Å². The Kier molecular flexibility index (Phi) is 1.76. The maximum atomic E-state index is 12.0. The summed E-state index contributed by atoms with van der Waals surface area (Å²) in [5, 5.41) is 4.91. The number of alkyl halides is 3. The molecule has 0 radical (unpaired) electrons. The highest BCUT2D eigenvalue weighted by atomic mass is 19.4. The van der Waals surface area contributed by atoms with Gasteiger partial charge in [-0.3, -0.25) is 5.32 Å². The number of hydrogen-bond donors (Lipinski definition) is 1. The summed E-state index contributed by atoms with van der Waals surface area (Å²) in [5.41, 5.74) is 0. The van der Waals surface area contributed by atoms with E-state index in [2.05, 4.69) is 15.1 Å². The highest BCUT2D eigenvalue weighted by Crippen LogP contribution is 2.18. The number of aromatic nitrogens is 4. The number of halogens is 3. The summed E-state index contributed by atoms with van der Waals surface area (Å²) >= 11 is 0. The van der Waals surface area contributed by atoms with E-state index in [9.17, 15) is 13.2 Å². The molecule has 74 valence electrons. The van der Waals surface area contributed by atoms with E-state index >= 15 is 0 Å². The van der Waals surface area contributed by atoms with Crippen LogP contribution in [-0.2, 0) is 0 Å². The van der Waals surface area contributed by atoms with Gasteiger partial charge in [0.2, 0.25) is 0 Å². The first-order valence-electron chi connectivity index (χ1n) is 3.56. The van der Waals surface area contributed by atoms with Crippen molar-refractivity contribution in [2.75, 3.05) is 5.32 Å². The van der Waals surface area contributed by atoms with Gasteiger partial charge in [-0.05, 0) is 6.07 Å². The number of rotatable bonds is 1. The maximum absolute atomic E-state index is 12.0. The van der Waals surface area contributed by atoms with Crippen molar-refractivity contribution in [1.82, 2.24) is 19.6 Å². The van der Waals surface area contributed by atoms with Crippen LogP contribution in [0.4, 0.5) is 19.0 Å². The van der Waals surface area contributed by atoms with E-state index in [1.54, 1.807) is 0 Å². The van der Waals surface area contributed by atoms with E-state index in [1.807, 2.05) is 0 Å². The Balaban J connectivity index is 2.46. The number of nitrogens with zero attached hydrogens (tertiary/aromatic N) is 4. The number of hydrogen-bond acceptors (Lipinski definition) is 4. The molecule has 2 heterocycles. The van der Waals surface area contributed by atoms with E-state index < -0.39 is 6.30 Å². The number of fused-ring (bicyclic) bond motifs is 1. The van der Waals surface area contributed by atoms with Gasteiger partial charge in [0.1, 0.15) is 12.1 Å². The van der Waals surface area contributed by atoms with E-state index in [-0.39, 0.29) is 11.6 Å². The van der Waals surface area contributed by atoms with Gasteiger partial charge in [-0.25, -0.2) is 4.98 Å². The van der Waals surface area contributed by atoms with E-state index in [4.69, 9.17) is 0 Å². The molecule has 0 aliphatic rings. The van der Waals surface area contributed by atoms with Crippen LogP contribution in [-0.4, -0.2) is 25.9 Å². The molecule has 0 saturated carbocycles. The normalized spacial score (nSPS) is 11.9. The van der Waals surface area contributed by atoms with Crippen molar-refractivity contribution in [3.8, 4) is 0 Å². The Morgan fingerprint density at radius 1 is 1.29 bits per heavy atom. The quantitative estimate of drug-likeness (QED) is 0.704. The van der Waals surface area contributed by atoms with E-state index in [0.717, 1.165) is 16.9 Å². The molecule has 0 bridgehead atoms. The average Bonchev–Trinajstić information content (AvgIpc) is 2.49. The third-order valence-electron chi connectivity index (χ3n) is 1.45. The molecule has 5 nitrogen and oxygen atoms in total. The first-order valence-corrected chi connectivity index (χ1v) is 3.56. The van der Waals surface area contributed by atoms with Crippen LogP contribution >= 0.6 is 0 Å². The van der Waals surface area contributed by atoms with Crippen LogP contribution in [0.25, 0.3) is 5.78 Å². The molecule has 0 aromatic carbocycles. The van der Waals surface area contributed by atoms with Gasteiger partial charge in [0, 0.05) is 6.20 Å². The highest BCUT2D eigenvalue weighted by molar-refractivity contribution is 5.42. The first kappa shape index (κ1) is 8.73. The Morgan fingerprint density at radius 2 is 2.07 bits per heavy atom. The predicted octanol–water partition coefficient (Wildman–Crippen LogP) is 1.06. The van der Waals surface area contributed by atoms with Crippen molar-refractivity contribution in [3.63, 3.8) is 0 Å². The lowest BCUT2D eigenvalue weighted by atomic mass is 10.6. The molecule has 0 atom stereocenters. The van der Waals surface area contributed by atoms with Crippen molar-refractivity contribution >= 4 is 11.6 Å². The molecule has 8 heteroatoms. The largest absolute Gasteiger partial charge is 0.483 e. The molecule has 0 fully saturated rings. The summed E-state index contributed by atoms with van der Waals surface area (Å²) in [5.74, 6) is -0.112. The number of nitrogens with one attached hydrogen (secondary N) is 1. The van der Waals surface area contributed by atoms with Crippen LogP contribution in [0.3, 0.4) is 0 Å². The lowest BCUT2D eigenvalue weighted by Crippen LogP contribution is -2.22. The summed E-state index contributed by atoms with van der Waals surface area (Å²) in [7, 11) is 0. The zero-order valence-electron chi connectivity index (χ0n) is 6.65. The Hall–Kier alpha value is -1.86. The molecular weight excluding hydrogens is 199 g/mol. The molecule has 0 spiro atoms. The molecule has 0 aliphatic carbocycles. The smallest absolute Gasteiger partial charge is 0.281 e. The minimum Gasteiger partial charge on any atom is -0.281 e. The van der Waals surface area contributed by atoms with Crippen molar-refractivity contribution < 1.29 is 13.2 Å². The molecule has 0 unspecified atom stereocenters. The molecule has 0 aliphatic heterocycles. The maximum Gasteiger partial charge on any atom is 0.483 e. The molecule has 0 amide bonds. The summed E-state index contributed by atoms with van der Waals surface area (Å²) in [6, 6.07) is 1.16.